The molecule has 7 heteroatoms. The molecular weight excluding hydrogens is 288 g/mol. The zero-order valence-corrected chi connectivity index (χ0v) is 11.9. The van der Waals surface area contributed by atoms with Gasteiger partial charge in [0.05, 0.1) is 12.9 Å². The number of nitrogens with zero attached hydrogens (tertiary/aromatic N) is 2. The number of carbonyl (C=O) groups excluding carboxylic acids is 1. The summed E-state index contributed by atoms with van der Waals surface area (Å²) in [5, 5.41) is 0.522. The molecule has 0 aliphatic heterocycles. The van der Waals surface area contributed by atoms with Crippen molar-refractivity contribution in [1.82, 2.24) is 9.97 Å². The maximum absolute atomic E-state index is 11.9. The van der Waals surface area contributed by atoms with Crippen LogP contribution in [0.25, 0.3) is 11.5 Å². The third-order valence-electron chi connectivity index (χ3n) is 2.26. The van der Waals surface area contributed by atoms with Gasteiger partial charge in [-0.05, 0) is 25.3 Å². The van der Waals surface area contributed by atoms with Gasteiger partial charge in [0.2, 0.25) is 0 Å². The summed E-state index contributed by atoms with van der Waals surface area (Å²) in [6.07, 6.45) is 3.32. The molecule has 0 radical (unpaired) electrons. The smallest absolute Gasteiger partial charge is 0.343 e. The van der Waals surface area contributed by atoms with Crippen molar-refractivity contribution in [3.05, 3.63) is 29.1 Å². The van der Waals surface area contributed by atoms with Crippen molar-refractivity contribution >= 4 is 29.3 Å². The minimum absolute atomic E-state index is 0.0594. The molecule has 5 nitrogen and oxygen atoms in total. The normalized spacial score (nSPS) is 10.5. The van der Waals surface area contributed by atoms with E-state index in [-0.39, 0.29) is 17.3 Å². The summed E-state index contributed by atoms with van der Waals surface area (Å²) >= 11 is 7.38. The topological polar surface area (TPSA) is 65.2 Å². The highest BCUT2D eigenvalue weighted by Crippen LogP contribution is 2.29. The summed E-state index contributed by atoms with van der Waals surface area (Å²) in [5.74, 6) is -0.116. The number of aromatic nitrogens is 2. The predicted molar refractivity (Wildman–Crippen MR) is 72.5 cm³/mol. The van der Waals surface area contributed by atoms with E-state index in [2.05, 4.69) is 9.97 Å². The van der Waals surface area contributed by atoms with Crippen molar-refractivity contribution in [2.24, 2.45) is 0 Å². The van der Waals surface area contributed by atoms with Crippen LogP contribution >= 0.6 is 23.4 Å². The Balaban J connectivity index is 2.60. The lowest BCUT2D eigenvalue weighted by atomic mass is 10.2. The Labute approximate surface area is 119 Å². The minimum atomic E-state index is -0.563. The highest BCUT2D eigenvalue weighted by atomic mass is 35.5. The van der Waals surface area contributed by atoms with Gasteiger partial charge in [0.15, 0.2) is 10.9 Å². The van der Waals surface area contributed by atoms with Gasteiger partial charge in [-0.2, -0.15) is 0 Å². The van der Waals surface area contributed by atoms with Gasteiger partial charge in [0.25, 0.3) is 0 Å². The van der Waals surface area contributed by atoms with Gasteiger partial charge >= 0.3 is 5.97 Å². The average Bonchev–Trinajstić information content (AvgIpc) is 2.91. The SMILES string of the molecule is CCOC(=O)c1c(Cl)nc(SC)nc1-c1ccco1. The Hall–Kier alpha value is -1.53. The lowest BCUT2D eigenvalue weighted by Crippen LogP contribution is -2.10. The zero-order chi connectivity index (χ0) is 13.8. The number of esters is 1. The molecule has 0 spiro atoms. The fraction of sp³-hybridized carbons (Fsp3) is 0.250. The number of hydrogen-bond donors (Lipinski definition) is 0. The van der Waals surface area contributed by atoms with Crippen molar-refractivity contribution in [1.29, 1.82) is 0 Å². The van der Waals surface area contributed by atoms with Crippen molar-refractivity contribution in [3.63, 3.8) is 0 Å². The summed E-state index contributed by atoms with van der Waals surface area (Å²) < 4.78 is 10.2. The van der Waals surface area contributed by atoms with Crippen LogP contribution < -0.4 is 0 Å². The standard InChI is InChI=1S/C12H11ClN2O3S/c1-3-17-11(16)8-9(7-5-4-6-18-7)14-12(19-2)15-10(8)13/h4-6H,3H2,1-2H3. The Bertz CT molecular complexity index is 587. The molecule has 2 aromatic rings. The number of furan rings is 1. The van der Waals surface area contributed by atoms with Gasteiger partial charge in [-0.3, -0.25) is 0 Å². The van der Waals surface area contributed by atoms with Crippen molar-refractivity contribution < 1.29 is 13.9 Å². The van der Waals surface area contributed by atoms with Crippen LogP contribution in [0.3, 0.4) is 0 Å². The zero-order valence-electron chi connectivity index (χ0n) is 10.3. The second kappa shape index (κ2) is 6.08. The van der Waals surface area contributed by atoms with Crippen molar-refractivity contribution in [2.45, 2.75) is 12.1 Å². The third kappa shape index (κ3) is 2.90. The maximum atomic E-state index is 11.9. The van der Waals surface area contributed by atoms with Gasteiger partial charge in [0, 0.05) is 0 Å². The largest absolute Gasteiger partial charge is 0.463 e. The Kier molecular flexibility index (Phi) is 4.44. The molecule has 0 saturated heterocycles. The second-order valence-electron chi connectivity index (χ2n) is 3.42. The molecule has 0 bridgehead atoms. The number of hydrogen-bond acceptors (Lipinski definition) is 6. The van der Waals surface area contributed by atoms with E-state index in [4.69, 9.17) is 20.8 Å². The first-order valence-corrected chi connectivity index (χ1v) is 7.10. The predicted octanol–water partition coefficient (Wildman–Crippen LogP) is 3.29. The highest BCUT2D eigenvalue weighted by molar-refractivity contribution is 7.98. The molecule has 2 aromatic heterocycles. The van der Waals surface area contributed by atoms with Crippen LogP contribution in [0.4, 0.5) is 0 Å². The second-order valence-corrected chi connectivity index (χ2v) is 4.55. The molecule has 0 aliphatic carbocycles. The Morgan fingerprint density at radius 1 is 1.53 bits per heavy atom. The molecule has 2 rings (SSSR count). The first kappa shape index (κ1) is 13.9. The van der Waals surface area contributed by atoms with E-state index in [1.165, 1.54) is 18.0 Å². The molecule has 0 atom stereocenters. The fourth-order valence-corrected chi connectivity index (χ4v) is 2.14. The van der Waals surface area contributed by atoms with Crippen molar-refractivity contribution in [2.75, 3.05) is 12.9 Å². The fourth-order valence-electron chi connectivity index (χ4n) is 1.48. The highest BCUT2D eigenvalue weighted by Gasteiger charge is 2.23. The number of ether oxygens (including phenoxy) is 1. The maximum Gasteiger partial charge on any atom is 0.343 e. The van der Waals surface area contributed by atoms with Crippen LogP contribution in [-0.4, -0.2) is 28.8 Å². The van der Waals surface area contributed by atoms with Gasteiger partial charge in [-0.25, -0.2) is 14.8 Å². The molecule has 0 aliphatic rings. The Morgan fingerprint density at radius 2 is 2.32 bits per heavy atom. The molecular formula is C12H11ClN2O3S. The molecule has 100 valence electrons. The molecule has 0 amide bonds. The van der Waals surface area contributed by atoms with Gasteiger partial charge in [0.1, 0.15) is 16.4 Å². The summed E-state index contributed by atoms with van der Waals surface area (Å²) in [6.45, 7) is 1.96. The van der Waals surface area contributed by atoms with E-state index in [1.54, 1.807) is 19.1 Å². The number of thioether (sulfide) groups is 1. The van der Waals surface area contributed by atoms with E-state index in [9.17, 15) is 4.79 Å². The van der Waals surface area contributed by atoms with Crippen molar-refractivity contribution in [3.8, 4) is 11.5 Å². The molecule has 0 saturated carbocycles. The first-order valence-electron chi connectivity index (χ1n) is 5.49. The van der Waals surface area contributed by atoms with Crippen LogP contribution in [-0.2, 0) is 4.74 Å². The van der Waals surface area contributed by atoms with E-state index < -0.39 is 5.97 Å². The van der Waals surface area contributed by atoms with Gasteiger partial charge in [-0.15, -0.1) is 0 Å². The van der Waals surface area contributed by atoms with Gasteiger partial charge < -0.3 is 9.15 Å². The molecule has 0 fully saturated rings. The van der Waals surface area contributed by atoms with Gasteiger partial charge in [-0.1, -0.05) is 23.4 Å². The van der Waals surface area contributed by atoms with E-state index >= 15 is 0 Å². The average molecular weight is 299 g/mol. The molecule has 0 unspecified atom stereocenters. The van der Waals surface area contributed by atoms with Crippen LogP contribution in [0.2, 0.25) is 5.15 Å². The third-order valence-corrected chi connectivity index (χ3v) is 3.08. The number of carbonyl (C=O) groups is 1. The van der Waals surface area contributed by atoms with E-state index in [0.717, 1.165) is 0 Å². The lowest BCUT2D eigenvalue weighted by Gasteiger charge is -2.09. The summed E-state index contributed by atoms with van der Waals surface area (Å²) in [4.78, 5) is 20.3. The van der Waals surface area contributed by atoms with E-state index in [1.807, 2.05) is 6.26 Å². The van der Waals surface area contributed by atoms with Crippen LogP contribution in [0.5, 0.6) is 0 Å². The quantitative estimate of drug-likeness (QED) is 0.373. The van der Waals surface area contributed by atoms with Crippen LogP contribution in [0.1, 0.15) is 17.3 Å². The molecule has 2 heterocycles. The summed E-state index contributed by atoms with van der Waals surface area (Å²) in [5.41, 5.74) is 0.462. The van der Waals surface area contributed by atoms with Crippen LogP contribution in [0.15, 0.2) is 28.0 Å². The van der Waals surface area contributed by atoms with E-state index in [0.29, 0.717) is 16.6 Å². The molecule has 0 aromatic carbocycles. The monoisotopic (exact) mass is 298 g/mol. The summed E-state index contributed by atoms with van der Waals surface area (Å²) in [7, 11) is 0. The lowest BCUT2D eigenvalue weighted by molar-refractivity contribution is 0.0526. The Morgan fingerprint density at radius 3 is 2.89 bits per heavy atom. The molecule has 19 heavy (non-hydrogen) atoms. The molecule has 0 N–H and O–H groups in total. The van der Waals surface area contributed by atoms with Crippen LogP contribution in [0, 0.1) is 0 Å². The first-order chi connectivity index (χ1) is 9.17. The number of rotatable bonds is 4. The number of halogens is 1. The minimum Gasteiger partial charge on any atom is -0.463 e. The summed E-state index contributed by atoms with van der Waals surface area (Å²) in [6, 6.07) is 3.41.